The molecule has 20 heavy (non-hydrogen) atoms. The van der Waals surface area contributed by atoms with E-state index in [1.165, 1.54) is 24.2 Å². The molecule has 1 saturated heterocycles. The van der Waals surface area contributed by atoms with Crippen LogP contribution in [0.4, 0.5) is 5.00 Å². The van der Waals surface area contributed by atoms with Crippen molar-refractivity contribution in [3.05, 3.63) is 17.0 Å². The van der Waals surface area contributed by atoms with Gasteiger partial charge < -0.3 is 16.0 Å². The number of rotatable bonds is 5. The number of thiophene rings is 1. The van der Waals surface area contributed by atoms with E-state index in [1.54, 1.807) is 11.4 Å². The number of hydrogen-bond acceptors (Lipinski definition) is 4. The second-order valence-electron chi connectivity index (χ2n) is 5.35. The molecule has 1 aliphatic rings. The van der Waals surface area contributed by atoms with E-state index in [0.29, 0.717) is 17.0 Å². The number of nitrogens with two attached hydrogens (primary N) is 1. The molecule has 0 saturated carbocycles. The highest BCUT2D eigenvalue weighted by Crippen LogP contribution is 2.23. The first kappa shape index (κ1) is 15.0. The van der Waals surface area contributed by atoms with Crippen molar-refractivity contribution in [1.82, 2.24) is 4.90 Å². The van der Waals surface area contributed by atoms with Crippen LogP contribution in [0.2, 0.25) is 0 Å². The van der Waals surface area contributed by atoms with Crippen LogP contribution < -0.4 is 11.1 Å². The van der Waals surface area contributed by atoms with Crippen molar-refractivity contribution >= 4 is 28.2 Å². The standard InChI is InChI=1S/C14H21N3O2S/c1-10-2-6-17(7-3-10)8-4-12(18)16-14-11(13(15)19)5-9-20-14/h5,9-10H,2-4,6-8H2,1H3,(H2,15,19)(H,16,18). The average molecular weight is 295 g/mol. The number of hydrogen-bond donors (Lipinski definition) is 2. The highest BCUT2D eigenvalue weighted by Gasteiger charge is 2.17. The minimum absolute atomic E-state index is 0.0615. The van der Waals surface area contributed by atoms with Gasteiger partial charge in [-0.25, -0.2) is 0 Å². The Labute approximate surface area is 123 Å². The smallest absolute Gasteiger partial charge is 0.251 e. The summed E-state index contributed by atoms with van der Waals surface area (Å²) in [6, 6.07) is 1.63. The van der Waals surface area contributed by atoms with Crippen molar-refractivity contribution in [3.63, 3.8) is 0 Å². The third-order valence-electron chi connectivity index (χ3n) is 3.71. The summed E-state index contributed by atoms with van der Waals surface area (Å²) in [5.74, 6) is 0.226. The first-order chi connectivity index (χ1) is 9.56. The van der Waals surface area contributed by atoms with Crippen LogP contribution >= 0.6 is 11.3 Å². The van der Waals surface area contributed by atoms with E-state index in [4.69, 9.17) is 5.73 Å². The van der Waals surface area contributed by atoms with Gasteiger partial charge in [-0.3, -0.25) is 9.59 Å². The molecular formula is C14H21N3O2S. The van der Waals surface area contributed by atoms with Gasteiger partial charge in [0.05, 0.1) is 5.56 Å². The van der Waals surface area contributed by atoms with Gasteiger partial charge >= 0.3 is 0 Å². The Hall–Kier alpha value is -1.40. The Balaban J connectivity index is 1.78. The number of anilines is 1. The van der Waals surface area contributed by atoms with E-state index in [9.17, 15) is 9.59 Å². The van der Waals surface area contributed by atoms with Crippen molar-refractivity contribution in [2.45, 2.75) is 26.2 Å². The molecule has 0 atom stereocenters. The molecule has 0 bridgehead atoms. The number of nitrogens with zero attached hydrogens (tertiary/aromatic N) is 1. The zero-order valence-corrected chi connectivity index (χ0v) is 12.5. The Bertz CT molecular complexity index is 479. The van der Waals surface area contributed by atoms with Crippen LogP contribution in [0.1, 0.15) is 36.5 Å². The summed E-state index contributed by atoms with van der Waals surface area (Å²) >= 11 is 1.32. The maximum absolute atomic E-state index is 11.9. The summed E-state index contributed by atoms with van der Waals surface area (Å²) < 4.78 is 0. The fourth-order valence-corrected chi connectivity index (χ4v) is 3.14. The fourth-order valence-electron chi connectivity index (χ4n) is 2.33. The summed E-state index contributed by atoms with van der Waals surface area (Å²) in [6.07, 6.45) is 2.86. The zero-order valence-electron chi connectivity index (χ0n) is 11.7. The highest BCUT2D eigenvalue weighted by molar-refractivity contribution is 7.14. The predicted molar refractivity (Wildman–Crippen MR) is 80.9 cm³/mol. The van der Waals surface area contributed by atoms with Gasteiger partial charge in [-0.2, -0.15) is 0 Å². The second kappa shape index (κ2) is 6.85. The Morgan fingerprint density at radius 2 is 2.15 bits per heavy atom. The molecule has 1 aromatic rings. The van der Waals surface area contributed by atoms with E-state index in [2.05, 4.69) is 17.1 Å². The van der Waals surface area contributed by atoms with Gasteiger partial charge in [0.1, 0.15) is 5.00 Å². The number of amides is 2. The van der Waals surface area contributed by atoms with Gasteiger partial charge in [0.2, 0.25) is 5.91 Å². The first-order valence-electron chi connectivity index (χ1n) is 6.95. The minimum atomic E-state index is -0.508. The summed E-state index contributed by atoms with van der Waals surface area (Å²) in [4.78, 5) is 25.4. The topological polar surface area (TPSA) is 75.4 Å². The van der Waals surface area contributed by atoms with Gasteiger partial charge in [-0.05, 0) is 43.3 Å². The number of primary amides is 1. The van der Waals surface area contributed by atoms with Crippen LogP contribution in [0.3, 0.4) is 0 Å². The lowest BCUT2D eigenvalue weighted by Crippen LogP contribution is -2.35. The monoisotopic (exact) mass is 295 g/mol. The van der Waals surface area contributed by atoms with E-state index in [1.807, 2.05) is 0 Å². The van der Waals surface area contributed by atoms with Crippen molar-refractivity contribution in [1.29, 1.82) is 0 Å². The Kier molecular flexibility index (Phi) is 5.14. The largest absolute Gasteiger partial charge is 0.366 e. The lowest BCUT2D eigenvalue weighted by Gasteiger charge is -2.29. The summed E-state index contributed by atoms with van der Waals surface area (Å²) in [5.41, 5.74) is 5.63. The molecule has 0 radical (unpaired) electrons. The van der Waals surface area contributed by atoms with Gasteiger partial charge in [0.15, 0.2) is 0 Å². The molecule has 110 valence electrons. The molecule has 0 unspecified atom stereocenters. The second-order valence-corrected chi connectivity index (χ2v) is 6.27. The molecular weight excluding hydrogens is 274 g/mol. The van der Waals surface area contributed by atoms with E-state index in [-0.39, 0.29) is 5.91 Å². The molecule has 0 aromatic carbocycles. The summed E-state index contributed by atoms with van der Waals surface area (Å²) in [6.45, 7) is 5.18. The van der Waals surface area contributed by atoms with Crippen LogP contribution in [-0.2, 0) is 4.79 Å². The van der Waals surface area contributed by atoms with Gasteiger partial charge in [0, 0.05) is 13.0 Å². The van der Waals surface area contributed by atoms with E-state index < -0.39 is 5.91 Å². The molecule has 1 aromatic heterocycles. The summed E-state index contributed by atoms with van der Waals surface area (Å²) in [5, 5.41) is 5.07. The lowest BCUT2D eigenvalue weighted by molar-refractivity contribution is -0.116. The van der Waals surface area contributed by atoms with Gasteiger partial charge in [-0.15, -0.1) is 11.3 Å². The first-order valence-corrected chi connectivity index (χ1v) is 7.83. The molecule has 2 amide bonds. The number of likely N-dealkylation sites (tertiary alicyclic amines) is 1. The molecule has 3 N–H and O–H groups in total. The zero-order chi connectivity index (χ0) is 14.5. The molecule has 1 aliphatic heterocycles. The average Bonchev–Trinajstić information content (AvgIpc) is 2.86. The molecule has 0 spiro atoms. The van der Waals surface area contributed by atoms with Crippen LogP contribution in [-0.4, -0.2) is 36.3 Å². The molecule has 2 rings (SSSR count). The molecule has 2 heterocycles. The van der Waals surface area contributed by atoms with E-state index in [0.717, 1.165) is 25.6 Å². The Morgan fingerprint density at radius 1 is 1.45 bits per heavy atom. The van der Waals surface area contributed by atoms with Crippen molar-refractivity contribution < 1.29 is 9.59 Å². The van der Waals surface area contributed by atoms with Crippen molar-refractivity contribution in [2.24, 2.45) is 11.7 Å². The van der Waals surface area contributed by atoms with Crippen LogP contribution in [0, 0.1) is 5.92 Å². The van der Waals surface area contributed by atoms with Crippen LogP contribution in [0.15, 0.2) is 11.4 Å². The quantitative estimate of drug-likeness (QED) is 0.871. The third-order valence-corrected chi connectivity index (χ3v) is 4.54. The highest BCUT2D eigenvalue weighted by atomic mass is 32.1. The normalized spacial score (nSPS) is 17.1. The van der Waals surface area contributed by atoms with Gasteiger partial charge in [0.25, 0.3) is 5.91 Å². The lowest BCUT2D eigenvalue weighted by atomic mass is 9.99. The fraction of sp³-hybridized carbons (Fsp3) is 0.571. The van der Waals surface area contributed by atoms with Crippen molar-refractivity contribution in [2.75, 3.05) is 25.0 Å². The number of carbonyl (C=O) groups is 2. The van der Waals surface area contributed by atoms with Gasteiger partial charge in [-0.1, -0.05) is 6.92 Å². The number of carbonyl (C=O) groups excluding carboxylic acids is 2. The van der Waals surface area contributed by atoms with E-state index >= 15 is 0 Å². The maximum atomic E-state index is 11.9. The molecule has 6 heteroatoms. The Morgan fingerprint density at radius 3 is 2.80 bits per heavy atom. The van der Waals surface area contributed by atoms with Crippen LogP contribution in [0.5, 0.6) is 0 Å². The maximum Gasteiger partial charge on any atom is 0.251 e. The SMILES string of the molecule is CC1CCN(CCC(=O)Nc2sccc2C(N)=O)CC1. The third kappa shape index (κ3) is 4.05. The summed E-state index contributed by atoms with van der Waals surface area (Å²) in [7, 11) is 0. The molecule has 1 fully saturated rings. The minimum Gasteiger partial charge on any atom is -0.366 e. The molecule has 5 nitrogen and oxygen atoms in total. The number of piperidine rings is 1. The number of nitrogens with one attached hydrogen (secondary N) is 1. The predicted octanol–water partition coefficient (Wildman–Crippen LogP) is 1.91. The van der Waals surface area contributed by atoms with Crippen molar-refractivity contribution in [3.8, 4) is 0 Å². The van der Waals surface area contributed by atoms with Crippen LogP contribution in [0.25, 0.3) is 0 Å². The molecule has 0 aliphatic carbocycles.